The second-order valence-corrected chi connectivity index (χ2v) is 3.98. The smallest absolute Gasteiger partial charge is 0.122 e. The number of nitrogens with one attached hydrogen (secondary N) is 1. The van der Waals surface area contributed by atoms with Crippen LogP contribution in [-0.2, 0) is 11.3 Å². The van der Waals surface area contributed by atoms with Crippen molar-refractivity contribution in [1.29, 1.82) is 5.41 Å². The lowest BCUT2D eigenvalue weighted by atomic mass is 9.96. The number of nitrogens with two attached hydrogens (primary N) is 1. The van der Waals surface area contributed by atoms with Gasteiger partial charge in [-0.2, -0.15) is 0 Å². The van der Waals surface area contributed by atoms with Crippen molar-refractivity contribution in [3.63, 3.8) is 0 Å². The van der Waals surface area contributed by atoms with Gasteiger partial charge in [-0.25, -0.2) is 0 Å². The third kappa shape index (κ3) is 2.57. The molecule has 0 radical (unpaired) electrons. The zero-order chi connectivity index (χ0) is 10.7. The Balaban J connectivity index is 1.94. The maximum atomic E-state index is 7.33. The minimum absolute atomic E-state index is 0.112. The zero-order valence-electron chi connectivity index (χ0n) is 8.70. The fraction of sp³-hybridized carbons (Fsp3) is 0.417. The van der Waals surface area contributed by atoms with E-state index < -0.39 is 0 Å². The summed E-state index contributed by atoms with van der Waals surface area (Å²) in [7, 11) is 0. The Morgan fingerprint density at radius 3 is 2.87 bits per heavy atom. The predicted molar refractivity (Wildman–Crippen MR) is 59.9 cm³/mol. The topological polar surface area (TPSA) is 59.1 Å². The normalized spacial score (nSPS) is 16.0. The summed E-state index contributed by atoms with van der Waals surface area (Å²) in [6.07, 6.45) is 4.11. The third-order valence-corrected chi connectivity index (χ3v) is 2.78. The fourth-order valence-electron chi connectivity index (χ4n) is 1.58. The SMILES string of the molecule is N=C(N)c1cccc(COC2CCC2)c1. The Bertz CT molecular complexity index is 358. The number of benzene rings is 1. The quantitative estimate of drug-likeness (QED) is 0.582. The number of hydrogen-bond acceptors (Lipinski definition) is 2. The van der Waals surface area contributed by atoms with Gasteiger partial charge in [0.25, 0.3) is 0 Å². The van der Waals surface area contributed by atoms with Crippen molar-refractivity contribution in [3.8, 4) is 0 Å². The van der Waals surface area contributed by atoms with Crippen LogP contribution in [0.4, 0.5) is 0 Å². The molecule has 0 spiro atoms. The molecule has 1 saturated carbocycles. The number of rotatable bonds is 4. The van der Waals surface area contributed by atoms with Crippen LogP contribution in [-0.4, -0.2) is 11.9 Å². The molecular formula is C12H16N2O. The van der Waals surface area contributed by atoms with E-state index in [1.54, 1.807) is 0 Å². The summed E-state index contributed by atoms with van der Waals surface area (Å²) in [5, 5.41) is 7.33. The average molecular weight is 204 g/mol. The highest BCUT2D eigenvalue weighted by Crippen LogP contribution is 2.23. The number of ether oxygens (including phenoxy) is 1. The van der Waals surface area contributed by atoms with Crippen LogP contribution in [0.2, 0.25) is 0 Å². The van der Waals surface area contributed by atoms with Crippen molar-refractivity contribution >= 4 is 5.84 Å². The summed E-state index contributed by atoms with van der Waals surface area (Å²) in [4.78, 5) is 0. The highest BCUT2D eigenvalue weighted by atomic mass is 16.5. The van der Waals surface area contributed by atoms with Gasteiger partial charge >= 0.3 is 0 Å². The molecule has 1 aromatic carbocycles. The van der Waals surface area contributed by atoms with Crippen LogP contribution >= 0.6 is 0 Å². The molecule has 0 aliphatic heterocycles. The van der Waals surface area contributed by atoms with Crippen molar-refractivity contribution in [1.82, 2.24) is 0 Å². The van der Waals surface area contributed by atoms with Gasteiger partial charge in [0.1, 0.15) is 5.84 Å². The first-order valence-corrected chi connectivity index (χ1v) is 5.30. The molecule has 1 fully saturated rings. The van der Waals surface area contributed by atoms with E-state index in [2.05, 4.69) is 0 Å². The molecule has 80 valence electrons. The molecule has 3 nitrogen and oxygen atoms in total. The van der Waals surface area contributed by atoms with Gasteiger partial charge in [0.05, 0.1) is 12.7 Å². The van der Waals surface area contributed by atoms with Gasteiger partial charge in [0, 0.05) is 5.56 Å². The first-order chi connectivity index (χ1) is 7.25. The van der Waals surface area contributed by atoms with Crippen LogP contribution < -0.4 is 5.73 Å². The molecule has 15 heavy (non-hydrogen) atoms. The van der Waals surface area contributed by atoms with Gasteiger partial charge < -0.3 is 10.5 Å². The van der Waals surface area contributed by atoms with E-state index in [9.17, 15) is 0 Å². The van der Waals surface area contributed by atoms with E-state index in [0.717, 1.165) is 11.1 Å². The van der Waals surface area contributed by atoms with E-state index in [1.165, 1.54) is 19.3 Å². The van der Waals surface area contributed by atoms with Gasteiger partial charge in [-0.1, -0.05) is 18.2 Å². The van der Waals surface area contributed by atoms with Gasteiger partial charge in [-0.05, 0) is 30.9 Å². The molecule has 3 heteroatoms. The Labute approximate surface area is 89.8 Å². The Hall–Kier alpha value is -1.35. The predicted octanol–water partition coefficient (Wildman–Crippen LogP) is 2.04. The lowest BCUT2D eigenvalue weighted by molar-refractivity contribution is -0.00866. The molecule has 0 bridgehead atoms. The van der Waals surface area contributed by atoms with Crippen LogP contribution in [0.25, 0.3) is 0 Å². The highest BCUT2D eigenvalue weighted by molar-refractivity contribution is 5.95. The van der Waals surface area contributed by atoms with Crippen LogP contribution in [0.15, 0.2) is 24.3 Å². The maximum absolute atomic E-state index is 7.33. The van der Waals surface area contributed by atoms with Gasteiger partial charge in [0.2, 0.25) is 0 Å². The standard InChI is InChI=1S/C12H16N2O/c13-12(14)10-4-1-3-9(7-10)8-15-11-5-2-6-11/h1,3-4,7,11H,2,5-6,8H2,(H3,13,14). The molecular weight excluding hydrogens is 188 g/mol. The molecule has 0 aromatic heterocycles. The number of hydrogen-bond donors (Lipinski definition) is 2. The number of amidine groups is 1. The second kappa shape index (κ2) is 4.45. The van der Waals surface area contributed by atoms with Crippen LogP contribution in [0, 0.1) is 5.41 Å². The summed E-state index contributed by atoms with van der Waals surface area (Å²) in [5.74, 6) is 0.112. The Morgan fingerprint density at radius 2 is 2.27 bits per heavy atom. The first-order valence-electron chi connectivity index (χ1n) is 5.30. The first kappa shape index (κ1) is 10.2. The Morgan fingerprint density at radius 1 is 1.47 bits per heavy atom. The van der Waals surface area contributed by atoms with Crippen molar-refractivity contribution in [2.45, 2.75) is 32.0 Å². The van der Waals surface area contributed by atoms with Crippen molar-refractivity contribution in [2.24, 2.45) is 5.73 Å². The second-order valence-electron chi connectivity index (χ2n) is 3.98. The van der Waals surface area contributed by atoms with Gasteiger partial charge in [-0.15, -0.1) is 0 Å². The highest BCUT2D eigenvalue weighted by Gasteiger charge is 2.17. The average Bonchev–Trinajstić information content (AvgIpc) is 2.16. The minimum Gasteiger partial charge on any atom is -0.384 e. The minimum atomic E-state index is 0.112. The third-order valence-electron chi connectivity index (χ3n) is 2.78. The largest absolute Gasteiger partial charge is 0.384 e. The molecule has 0 atom stereocenters. The lowest BCUT2D eigenvalue weighted by Gasteiger charge is -2.25. The van der Waals surface area contributed by atoms with E-state index >= 15 is 0 Å². The molecule has 1 aliphatic carbocycles. The van der Waals surface area contributed by atoms with Crippen LogP contribution in [0.5, 0.6) is 0 Å². The lowest BCUT2D eigenvalue weighted by Crippen LogP contribution is -2.21. The molecule has 1 aromatic rings. The molecule has 0 heterocycles. The van der Waals surface area contributed by atoms with Crippen molar-refractivity contribution in [2.75, 3.05) is 0 Å². The van der Waals surface area contributed by atoms with Gasteiger partial charge in [-0.3, -0.25) is 5.41 Å². The van der Waals surface area contributed by atoms with E-state index in [-0.39, 0.29) is 5.84 Å². The molecule has 2 rings (SSSR count). The van der Waals surface area contributed by atoms with Crippen LogP contribution in [0.1, 0.15) is 30.4 Å². The molecule has 3 N–H and O–H groups in total. The molecule has 0 saturated heterocycles. The Kier molecular flexibility index (Phi) is 3.02. The van der Waals surface area contributed by atoms with E-state index in [1.807, 2.05) is 24.3 Å². The number of nitrogen functional groups attached to an aromatic ring is 1. The van der Waals surface area contributed by atoms with Crippen molar-refractivity contribution in [3.05, 3.63) is 35.4 Å². The van der Waals surface area contributed by atoms with E-state index in [0.29, 0.717) is 12.7 Å². The summed E-state index contributed by atoms with van der Waals surface area (Å²) in [6, 6.07) is 7.68. The maximum Gasteiger partial charge on any atom is 0.122 e. The zero-order valence-corrected chi connectivity index (χ0v) is 8.70. The van der Waals surface area contributed by atoms with E-state index in [4.69, 9.17) is 15.9 Å². The molecule has 1 aliphatic rings. The molecule has 0 unspecified atom stereocenters. The van der Waals surface area contributed by atoms with Gasteiger partial charge in [0.15, 0.2) is 0 Å². The fourth-order valence-corrected chi connectivity index (χ4v) is 1.58. The summed E-state index contributed by atoms with van der Waals surface area (Å²) >= 11 is 0. The summed E-state index contributed by atoms with van der Waals surface area (Å²) in [5.41, 5.74) is 7.28. The summed E-state index contributed by atoms with van der Waals surface area (Å²) in [6.45, 7) is 0.631. The van der Waals surface area contributed by atoms with Crippen molar-refractivity contribution < 1.29 is 4.74 Å². The molecule has 0 amide bonds. The van der Waals surface area contributed by atoms with Crippen LogP contribution in [0.3, 0.4) is 0 Å². The summed E-state index contributed by atoms with van der Waals surface area (Å²) < 4.78 is 5.69. The monoisotopic (exact) mass is 204 g/mol.